The van der Waals surface area contributed by atoms with E-state index in [4.69, 9.17) is 19.3 Å². The summed E-state index contributed by atoms with van der Waals surface area (Å²) in [5.41, 5.74) is 3.66. The highest BCUT2D eigenvalue weighted by molar-refractivity contribution is 7.12. The first-order chi connectivity index (χ1) is 17.1. The van der Waals surface area contributed by atoms with E-state index in [0.717, 1.165) is 46.5 Å². The molecule has 8 heteroatoms. The zero-order valence-corrected chi connectivity index (χ0v) is 20.6. The maximum atomic E-state index is 13.4. The van der Waals surface area contributed by atoms with Crippen LogP contribution in [-0.2, 0) is 11.2 Å². The first-order valence-corrected chi connectivity index (χ1v) is 12.5. The molecule has 0 unspecified atom stereocenters. The highest BCUT2D eigenvalue weighted by Gasteiger charge is 2.34. The molecule has 1 aliphatic heterocycles. The van der Waals surface area contributed by atoms with Gasteiger partial charge in [0.1, 0.15) is 5.75 Å². The third-order valence-electron chi connectivity index (χ3n) is 6.55. The monoisotopic (exact) mass is 492 g/mol. The normalized spacial score (nSPS) is 19.2. The molecule has 2 aromatic carbocycles. The second-order valence-corrected chi connectivity index (χ2v) is 9.56. The fourth-order valence-corrected chi connectivity index (χ4v) is 5.50. The van der Waals surface area contributed by atoms with Gasteiger partial charge in [0.15, 0.2) is 18.1 Å². The molecule has 2 atom stereocenters. The third kappa shape index (κ3) is 4.63. The number of methoxy groups -OCH3 is 2. The van der Waals surface area contributed by atoms with Crippen LogP contribution in [0.2, 0.25) is 0 Å². The lowest BCUT2D eigenvalue weighted by Crippen LogP contribution is -2.31. The summed E-state index contributed by atoms with van der Waals surface area (Å²) < 4.78 is 16.9. The lowest BCUT2D eigenvalue weighted by atomic mass is 9.89. The van der Waals surface area contributed by atoms with Crippen molar-refractivity contribution >= 4 is 23.0 Å². The van der Waals surface area contributed by atoms with E-state index in [1.165, 1.54) is 5.01 Å². The first kappa shape index (κ1) is 23.4. The summed E-state index contributed by atoms with van der Waals surface area (Å²) in [5.74, 6) is 1.66. The van der Waals surface area contributed by atoms with Crippen LogP contribution in [0.1, 0.15) is 53.0 Å². The summed E-state index contributed by atoms with van der Waals surface area (Å²) in [5, 5.41) is 18.6. The van der Waals surface area contributed by atoms with Gasteiger partial charge in [0, 0.05) is 6.42 Å². The molecule has 2 heterocycles. The van der Waals surface area contributed by atoms with Crippen molar-refractivity contribution in [2.45, 2.75) is 37.8 Å². The molecule has 0 fully saturated rings. The predicted octanol–water partition coefficient (Wildman–Crippen LogP) is 4.89. The van der Waals surface area contributed by atoms with Crippen LogP contribution in [0, 0.1) is 0 Å². The van der Waals surface area contributed by atoms with Crippen molar-refractivity contribution in [1.82, 2.24) is 5.01 Å². The largest absolute Gasteiger partial charge is 0.493 e. The molecule has 0 radical (unpaired) electrons. The summed E-state index contributed by atoms with van der Waals surface area (Å²) in [6.07, 6.45) is 2.58. The quantitative estimate of drug-likeness (QED) is 0.508. The summed E-state index contributed by atoms with van der Waals surface area (Å²) >= 11 is 1.60. The van der Waals surface area contributed by atoms with Gasteiger partial charge in [-0.2, -0.15) is 5.10 Å². The van der Waals surface area contributed by atoms with Gasteiger partial charge in [-0.3, -0.25) is 4.79 Å². The molecule has 7 nitrogen and oxygen atoms in total. The number of hydrazone groups is 1. The minimum atomic E-state index is -0.482. The Labute approximate surface area is 208 Å². The Balaban J connectivity index is 1.40. The maximum Gasteiger partial charge on any atom is 0.281 e. The number of hydrogen-bond acceptors (Lipinski definition) is 7. The summed E-state index contributed by atoms with van der Waals surface area (Å²) in [6.45, 7) is -0.141. The van der Waals surface area contributed by atoms with E-state index in [1.807, 2.05) is 53.9 Å². The maximum absolute atomic E-state index is 13.4. The fraction of sp³-hybridized carbons (Fsp3) is 0.333. The molecule has 1 N–H and O–H groups in total. The number of carbonyl (C=O) groups is 1. The van der Waals surface area contributed by atoms with Crippen molar-refractivity contribution in [2.75, 3.05) is 20.8 Å². The van der Waals surface area contributed by atoms with Gasteiger partial charge in [-0.15, -0.1) is 11.3 Å². The Morgan fingerprint density at radius 2 is 1.97 bits per heavy atom. The van der Waals surface area contributed by atoms with E-state index in [0.29, 0.717) is 23.7 Å². The van der Waals surface area contributed by atoms with Gasteiger partial charge in [-0.1, -0.05) is 24.3 Å². The SMILES string of the molecule is COc1ccc([C@H]2CC(c3cccs3)=NN2C(=O)COc2cccc3c2CCC[C@H]3O)cc1OC. The number of benzene rings is 2. The van der Waals surface area contributed by atoms with Crippen molar-refractivity contribution in [3.8, 4) is 17.2 Å². The molecule has 0 spiro atoms. The van der Waals surface area contributed by atoms with Gasteiger partial charge in [0.05, 0.1) is 37.0 Å². The molecule has 5 rings (SSSR count). The van der Waals surface area contributed by atoms with Crippen LogP contribution >= 0.6 is 11.3 Å². The fourth-order valence-electron chi connectivity index (χ4n) is 4.78. The van der Waals surface area contributed by atoms with E-state index in [1.54, 1.807) is 25.6 Å². The number of ether oxygens (including phenoxy) is 3. The minimum Gasteiger partial charge on any atom is -0.493 e. The van der Waals surface area contributed by atoms with Gasteiger partial charge >= 0.3 is 0 Å². The Bertz CT molecular complexity index is 1240. The standard InChI is InChI=1S/C27H28N2O5S/c1-32-24-12-11-17(14-25(24)33-2)21-15-20(26-10-5-13-35-26)28-29(21)27(31)16-34-23-9-4-6-18-19(23)7-3-8-22(18)30/h4-6,9-14,21-22,30H,3,7-8,15-16H2,1-2H3/t21-,22-/m1/s1. The molecule has 1 aromatic heterocycles. The second kappa shape index (κ2) is 10.1. The Morgan fingerprint density at radius 3 is 2.74 bits per heavy atom. The molecule has 0 saturated heterocycles. The van der Waals surface area contributed by atoms with Gasteiger partial charge in [0.25, 0.3) is 5.91 Å². The number of hydrogen-bond donors (Lipinski definition) is 1. The molecule has 0 saturated carbocycles. The number of fused-ring (bicyclic) bond motifs is 1. The molecule has 2 aliphatic rings. The van der Waals surface area contributed by atoms with Crippen molar-refractivity contribution in [2.24, 2.45) is 5.10 Å². The third-order valence-corrected chi connectivity index (χ3v) is 7.47. The van der Waals surface area contributed by atoms with Gasteiger partial charge in [-0.25, -0.2) is 5.01 Å². The van der Waals surface area contributed by atoms with E-state index in [-0.39, 0.29) is 18.6 Å². The van der Waals surface area contributed by atoms with Crippen LogP contribution < -0.4 is 14.2 Å². The number of amides is 1. The van der Waals surface area contributed by atoms with Crippen LogP contribution in [-0.4, -0.2) is 42.6 Å². The Morgan fingerprint density at radius 1 is 1.11 bits per heavy atom. The molecule has 3 aromatic rings. The smallest absolute Gasteiger partial charge is 0.281 e. The van der Waals surface area contributed by atoms with Crippen LogP contribution in [0.25, 0.3) is 0 Å². The molecule has 182 valence electrons. The molecule has 0 bridgehead atoms. The topological polar surface area (TPSA) is 80.6 Å². The summed E-state index contributed by atoms with van der Waals surface area (Å²) in [6, 6.07) is 15.0. The number of aliphatic hydroxyl groups is 1. The van der Waals surface area contributed by atoms with Crippen molar-refractivity contribution in [1.29, 1.82) is 0 Å². The van der Waals surface area contributed by atoms with E-state index < -0.39 is 6.10 Å². The predicted molar refractivity (Wildman–Crippen MR) is 134 cm³/mol. The Hall–Kier alpha value is -3.36. The van der Waals surface area contributed by atoms with Crippen LogP contribution in [0.3, 0.4) is 0 Å². The van der Waals surface area contributed by atoms with Crippen molar-refractivity contribution in [3.05, 3.63) is 75.5 Å². The average molecular weight is 493 g/mol. The average Bonchev–Trinajstić information content (AvgIpc) is 3.57. The van der Waals surface area contributed by atoms with Crippen LogP contribution in [0.5, 0.6) is 17.2 Å². The zero-order valence-electron chi connectivity index (χ0n) is 19.8. The van der Waals surface area contributed by atoms with Gasteiger partial charge in [-0.05, 0) is 65.6 Å². The highest BCUT2D eigenvalue weighted by Crippen LogP contribution is 2.39. The van der Waals surface area contributed by atoms with Crippen molar-refractivity contribution in [3.63, 3.8) is 0 Å². The number of thiophene rings is 1. The number of rotatable bonds is 7. The highest BCUT2D eigenvalue weighted by atomic mass is 32.1. The summed E-state index contributed by atoms with van der Waals surface area (Å²) in [4.78, 5) is 14.5. The van der Waals surface area contributed by atoms with Gasteiger partial charge < -0.3 is 19.3 Å². The van der Waals surface area contributed by atoms with Crippen molar-refractivity contribution < 1.29 is 24.1 Å². The molecule has 35 heavy (non-hydrogen) atoms. The molecular formula is C27H28N2O5S. The van der Waals surface area contributed by atoms with Gasteiger partial charge in [0.2, 0.25) is 0 Å². The first-order valence-electron chi connectivity index (χ1n) is 11.7. The van der Waals surface area contributed by atoms with Crippen LogP contribution in [0.4, 0.5) is 0 Å². The molecule has 1 amide bonds. The van der Waals surface area contributed by atoms with E-state index >= 15 is 0 Å². The number of aliphatic hydroxyl groups excluding tert-OH is 1. The minimum absolute atomic E-state index is 0.141. The summed E-state index contributed by atoms with van der Waals surface area (Å²) in [7, 11) is 3.19. The number of nitrogens with zero attached hydrogens (tertiary/aromatic N) is 2. The Kier molecular flexibility index (Phi) is 6.74. The lowest BCUT2D eigenvalue weighted by Gasteiger charge is -2.25. The zero-order chi connectivity index (χ0) is 24.4. The molecular weight excluding hydrogens is 464 g/mol. The molecule has 1 aliphatic carbocycles. The van der Waals surface area contributed by atoms with Crippen LogP contribution in [0.15, 0.2) is 59.0 Å². The van der Waals surface area contributed by atoms with E-state index in [9.17, 15) is 9.90 Å². The lowest BCUT2D eigenvalue weighted by molar-refractivity contribution is -0.135. The number of carbonyl (C=O) groups excluding carboxylic acids is 1. The second-order valence-electron chi connectivity index (χ2n) is 8.62. The van der Waals surface area contributed by atoms with E-state index in [2.05, 4.69) is 0 Å².